The first-order valence-electron chi connectivity index (χ1n) is 6.36. The van der Waals surface area contributed by atoms with Gasteiger partial charge in [0.05, 0.1) is 5.41 Å². The molecule has 0 spiro atoms. The zero-order valence-electron chi connectivity index (χ0n) is 12.1. The van der Waals surface area contributed by atoms with Crippen LogP contribution in [-0.4, -0.2) is 30.2 Å². The number of carboxylic acid groups (broad SMARTS) is 1. The van der Waals surface area contributed by atoms with Gasteiger partial charge in [0.25, 0.3) is 0 Å². The van der Waals surface area contributed by atoms with Crippen LogP contribution >= 0.6 is 0 Å². The summed E-state index contributed by atoms with van der Waals surface area (Å²) in [6, 6.07) is -0.305. The molecule has 0 heterocycles. The Morgan fingerprint density at radius 1 is 1.11 bits per heavy atom. The molecule has 18 heavy (non-hydrogen) atoms. The molecule has 0 aliphatic carbocycles. The van der Waals surface area contributed by atoms with Crippen molar-refractivity contribution in [2.75, 3.05) is 13.1 Å². The van der Waals surface area contributed by atoms with E-state index in [-0.39, 0.29) is 18.0 Å². The second kappa shape index (κ2) is 6.61. The molecule has 2 amide bonds. The highest BCUT2D eigenvalue weighted by Gasteiger charge is 2.31. The fraction of sp³-hybridized carbons (Fsp3) is 0.846. The van der Waals surface area contributed by atoms with Gasteiger partial charge in [-0.05, 0) is 25.2 Å². The first-order chi connectivity index (χ1) is 8.10. The quantitative estimate of drug-likeness (QED) is 0.683. The van der Waals surface area contributed by atoms with Crippen molar-refractivity contribution < 1.29 is 14.7 Å². The molecule has 1 atom stereocenters. The lowest BCUT2D eigenvalue weighted by molar-refractivity contribution is -0.147. The van der Waals surface area contributed by atoms with Crippen LogP contribution in [0.1, 0.15) is 47.5 Å². The predicted octanol–water partition coefficient (Wildman–Crippen LogP) is 2.22. The van der Waals surface area contributed by atoms with E-state index < -0.39 is 11.4 Å². The van der Waals surface area contributed by atoms with Crippen LogP contribution in [0.15, 0.2) is 0 Å². The van der Waals surface area contributed by atoms with Gasteiger partial charge in [0, 0.05) is 13.1 Å². The maximum atomic E-state index is 11.5. The summed E-state index contributed by atoms with van der Waals surface area (Å²) in [6.07, 6.45) is 1.36. The Balaban J connectivity index is 4.00. The van der Waals surface area contributed by atoms with E-state index in [0.717, 1.165) is 6.42 Å². The van der Waals surface area contributed by atoms with E-state index in [0.29, 0.717) is 13.0 Å². The fourth-order valence-electron chi connectivity index (χ4n) is 1.24. The van der Waals surface area contributed by atoms with E-state index in [1.807, 2.05) is 0 Å². The van der Waals surface area contributed by atoms with E-state index in [9.17, 15) is 9.59 Å². The van der Waals surface area contributed by atoms with Crippen molar-refractivity contribution in [1.29, 1.82) is 0 Å². The predicted molar refractivity (Wildman–Crippen MR) is 71.5 cm³/mol. The van der Waals surface area contributed by atoms with Gasteiger partial charge in [0.15, 0.2) is 0 Å². The Morgan fingerprint density at radius 2 is 1.67 bits per heavy atom. The number of amides is 2. The molecule has 106 valence electrons. The van der Waals surface area contributed by atoms with Crippen LogP contribution in [0.25, 0.3) is 0 Å². The van der Waals surface area contributed by atoms with Crippen LogP contribution in [-0.2, 0) is 4.79 Å². The van der Waals surface area contributed by atoms with Crippen molar-refractivity contribution in [1.82, 2.24) is 10.6 Å². The SMILES string of the molecule is CCC(C)(CNC(=O)NCCC(C)(C)C)C(=O)O. The largest absolute Gasteiger partial charge is 0.481 e. The number of hydrogen-bond acceptors (Lipinski definition) is 2. The van der Waals surface area contributed by atoms with Gasteiger partial charge in [-0.15, -0.1) is 0 Å². The first-order valence-corrected chi connectivity index (χ1v) is 6.36. The molecule has 0 aliphatic heterocycles. The van der Waals surface area contributed by atoms with Crippen LogP contribution in [0, 0.1) is 10.8 Å². The number of carboxylic acids is 1. The van der Waals surface area contributed by atoms with E-state index >= 15 is 0 Å². The molecule has 5 nitrogen and oxygen atoms in total. The number of carbonyl (C=O) groups is 2. The van der Waals surface area contributed by atoms with Crippen LogP contribution < -0.4 is 10.6 Å². The van der Waals surface area contributed by atoms with Crippen molar-refractivity contribution >= 4 is 12.0 Å². The van der Waals surface area contributed by atoms with Crippen LogP contribution in [0.2, 0.25) is 0 Å². The number of hydrogen-bond donors (Lipinski definition) is 3. The van der Waals surface area contributed by atoms with Crippen molar-refractivity contribution in [2.45, 2.75) is 47.5 Å². The molecule has 5 heteroatoms. The number of carbonyl (C=O) groups excluding carboxylic acids is 1. The van der Waals surface area contributed by atoms with Crippen molar-refractivity contribution in [3.05, 3.63) is 0 Å². The molecule has 0 aromatic heterocycles. The lowest BCUT2D eigenvalue weighted by Gasteiger charge is -2.23. The Hall–Kier alpha value is -1.26. The van der Waals surface area contributed by atoms with Gasteiger partial charge in [0.2, 0.25) is 0 Å². The Bertz CT molecular complexity index is 297. The zero-order chi connectivity index (χ0) is 14.4. The third kappa shape index (κ3) is 6.47. The van der Waals surface area contributed by atoms with Gasteiger partial charge in [0.1, 0.15) is 0 Å². The van der Waals surface area contributed by atoms with Gasteiger partial charge in [-0.2, -0.15) is 0 Å². The molecule has 0 aromatic carbocycles. The molecule has 3 N–H and O–H groups in total. The lowest BCUT2D eigenvalue weighted by atomic mass is 9.88. The minimum Gasteiger partial charge on any atom is -0.481 e. The smallest absolute Gasteiger partial charge is 0.314 e. The Morgan fingerprint density at radius 3 is 2.06 bits per heavy atom. The molecule has 0 rings (SSSR count). The van der Waals surface area contributed by atoms with Crippen LogP contribution in [0.4, 0.5) is 4.79 Å². The summed E-state index contributed by atoms with van der Waals surface area (Å²) in [5.74, 6) is -0.889. The molecule has 1 unspecified atom stereocenters. The van der Waals surface area contributed by atoms with E-state index in [1.165, 1.54) is 0 Å². The van der Waals surface area contributed by atoms with Crippen molar-refractivity contribution in [2.24, 2.45) is 10.8 Å². The molecule has 0 aliphatic rings. The summed E-state index contributed by atoms with van der Waals surface area (Å²) >= 11 is 0. The molecular weight excluding hydrogens is 232 g/mol. The summed E-state index contributed by atoms with van der Waals surface area (Å²) in [7, 11) is 0. The van der Waals surface area contributed by atoms with Crippen LogP contribution in [0.3, 0.4) is 0 Å². The average molecular weight is 258 g/mol. The second-order valence-corrected chi connectivity index (χ2v) is 6.14. The van der Waals surface area contributed by atoms with Gasteiger partial charge >= 0.3 is 12.0 Å². The van der Waals surface area contributed by atoms with Crippen molar-refractivity contribution in [3.8, 4) is 0 Å². The normalized spacial score (nSPS) is 14.7. The number of nitrogens with one attached hydrogen (secondary N) is 2. The highest BCUT2D eigenvalue weighted by atomic mass is 16.4. The highest BCUT2D eigenvalue weighted by Crippen LogP contribution is 2.20. The zero-order valence-corrected chi connectivity index (χ0v) is 12.1. The summed E-state index contributed by atoms with van der Waals surface area (Å²) in [6.45, 7) is 10.5. The minimum atomic E-state index is -0.901. The highest BCUT2D eigenvalue weighted by molar-refractivity contribution is 5.77. The molecule has 0 saturated heterocycles. The van der Waals surface area contributed by atoms with Crippen LogP contribution in [0.5, 0.6) is 0 Å². The van der Waals surface area contributed by atoms with Gasteiger partial charge in [-0.25, -0.2) is 4.79 Å². The maximum absolute atomic E-state index is 11.5. The number of aliphatic carboxylic acids is 1. The van der Waals surface area contributed by atoms with E-state index in [4.69, 9.17) is 5.11 Å². The monoisotopic (exact) mass is 258 g/mol. The van der Waals surface area contributed by atoms with Gasteiger partial charge < -0.3 is 15.7 Å². The molecule has 0 saturated carbocycles. The van der Waals surface area contributed by atoms with E-state index in [1.54, 1.807) is 13.8 Å². The van der Waals surface area contributed by atoms with Gasteiger partial charge in [-0.1, -0.05) is 27.7 Å². The summed E-state index contributed by atoms with van der Waals surface area (Å²) in [5, 5.41) is 14.4. The second-order valence-electron chi connectivity index (χ2n) is 6.14. The minimum absolute atomic E-state index is 0.139. The lowest BCUT2D eigenvalue weighted by Crippen LogP contribution is -2.45. The molecule has 0 fully saturated rings. The maximum Gasteiger partial charge on any atom is 0.314 e. The average Bonchev–Trinajstić information content (AvgIpc) is 2.23. The standard InChI is InChI=1S/C13H26N2O3/c1-6-13(5,10(16)17)9-15-11(18)14-8-7-12(2,3)4/h6-9H2,1-5H3,(H,16,17)(H2,14,15,18). The molecular formula is C13H26N2O3. The number of rotatable bonds is 6. The third-order valence-corrected chi connectivity index (χ3v) is 3.10. The topological polar surface area (TPSA) is 78.4 Å². The summed E-state index contributed by atoms with van der Waals surface area (Å²) in [4.78, 5) is 22.5. The van der Waals surface area contributed by atoms with Gasteiger partial charge in [-0.3, -0.25) is 4.79 Å². The molecule has 0 bridgehead atoms. The Labute approximate surface area is 109 Å². The van der Waals surface area contributed by atoms with Crippen molar-refractivity contribution in [3.63, 3.8) is 0 Å². The Kier molecular flexibility index (Phi) is 6.15. The molecule has 0 radical (unpaired) electrons. The molecule has 0 aromatic rings. The first kappa shape index (κ1) is 16.7. The van der Waals surface area contributed by atoms with E-state index in [2.05, 4.69) is 31.4 Å². The third-order valence-electron chi connectivity index (χ3n) is 3.10. The summed E-state index contributed by atoms with van der Waals surface area (Å²) < 4.78 is 0. The summed E-state index contributed by atoms with van der Waals surface area (Å²) in [5.41, 5.74) is -0.729. The fourth-order valence-corrected chi connectivity index (χ4v) is 1.24. The number of urea groups is 1.